The lowest BCUT2D eigenvalue weighted by molar-refractivity contribution is -0.140. The molecule has 10 nitrogen and oxygen atoms in total. The largest absolute Gasteiger partial charge is 0.495 e. The lowest BCUT2D eigenvalue weighted by Gasteiger charge is -2.33. The number of nitrogens with zero attached hydrogens (tertiary/aromatic N) is 2. The third kappa shape index (κ3) is 8.96. The zero-order valence-electron chi connectivity index (χ0n) is 26.0. The van der Waals surface area contributed by atoms with Crippen molar-refractivity contribution in [1.82, 2.24) is 10.2 Å². The summed E-state index contributed by atoms with van der Waals surface area (Å²) in [5.74, 6) is -0.267. The van der Waals surface area contributed by atoms with Crippen molar-refractivity contribution in [1.29, 1.82) is 0 Å². The van der Waals surface area contributed by atoms with Crippen LogP contribution in [0.5, 0.6) is 17.2 Å². The van der Waals surface area contributed by atoms with Gasteiger partial charge in [0.25, 0.3) is 10.0 Å². The van der Waals surface area contributed by atoms with Gasteiger partial charge in [-0.1, -0.05) is 55.6 Å². The fourth-order valence-corrected chi connectivity index (χ4v) is 6.41. The summed E-state index contributed by atoms with van der Waals surface area (Å²) in [7, 11) is -0.234. The molecular weight excluding hydrogens is 641 g/mol. The number of rotatable bonds is 16. The smallest absolute Gasteiger partial charge is 0.265 e. The first-order valence-corrected chi connectivity index (χ1v) is 16.6. The van der Waals surface area contributed by atoms with E-state index < -0.39 is 28.5 Å². The van der Waals surface area contributed by atoms with E-state index in [1.54, 1.807) is 37.3 Å². The maximum atomic E-state index is 14.3. The second-order valence-corrected chi connectivity index (χ2v) is 12.8. The van der Waals surface area contributed by atoms with Gasteiger partial charge in [0.1, 0.15) is 18.3 Å². The normalized spacial score (nSPS) is 11.8. The van der Waals surface area contributed by atoms with E-state index in [2.05, 4.69) is 5.32 Å². The molecule has 0 aliphatic heterocycles. The predicted octanol–water partition coefficient (Wildman–Crippen LogP) is 5.94. The summed E-state index contributed by atoms with van der Waals surface area (Å²) in [5, 5.41) is 3.65. The van der Waals surface area contributed by atoms with Gasteiger partial charge in [-0.05, 0) is 60.9 Å². The molecule has 13 heteroatoms. The van der Waals surface area contributed by atoms with Gasteiger partial charge >= 0.3 is 0 Å². The molecular formula is C32H39Cl2N3O7S. The topological polar surface area (TPSA) is 114 Å². The van der Waals surface area contributed by atoms with E-state index >= 15 is 0 Å². The summed E-state index contributed by atoms with van der Waals surface area (Å²) in [6.45, 7) is 3.63. The third-order valence-corrected chi connectivity index (χ3v) is 9.36. The summed E-state index contributed by atoms with van der Waals surface area (Å²) in [5.41, 5.74) is 0.752. The number of hydrogen-bond donors (Lipinski definition) is 1. The van der Waals surface area contributed by atoms with Gasteiger partial charge in [0.2, 0.25) is 11.8 Å². The van der Waals surface area contributed by atoms with E-state index in [9.17, 15) is 18.0 Å². The number of hydrogen-bond acceptors (Lipinski definition) is 7. The first-order chi connectivity index (χ1) is 21.5. The molecule has 0 fully saturated rings. The van der Waals surface area contributed by atoms with E-state index in [0.717, 1.165) is 17.1 Å². The Labute approximate surface area is 275 Å². The standard InChI is InChI=1S/C32H39Cl2N3O7S/c1-6-8-17-35-32(39)26(7-2)36(20-22-9-11-23(33)12-10-22)31(38)21-37(27-18-24(34)13-15-28(27)42-3)45(40,41)25-14-16-29(43-4)30(19-25)44-5/h9-16,18-19,26H,6-8,17,20-21H2,1-5H3,(H,35,39). The molecule has 1 N–H and O–H groups in total. The third-order valence-electron chi connectivity index (χ3n) is 7.11. The Hall–Kier alpha value is -3.67. The Bertz CT molecular complexity index is 1570. The Morgan fingerprint density at radius 2 is 1.47 bits per heavy atom. The second kappa shape index (κ2) is 16.6. The summed E-state index contributed by atoms with van der Waals surface area (Å²) >= 11 is 12.4. The summed E-state index contributed by atoms with van der Waals surface area (Å²) in [6.07, 6.45) is 1.95. The molecule has 3 aromatic carbocycles. The monoisotopic (exact) mass is 679 g/mol. The van der Waals surface area contributed by atoms with E-state index in [4.69, 9.17) is 37.4 Å². The highest BCUT2D eigenvalue weighted by Gasteiger charge is 2.35. The molecule has 0 saturated carbocycles. The molecule has 0 bridgehead atoms. The molecule has 3 aromatic rings. The maximum Gasteiger partial charge on any atom is 0.265 e. The Morgan fingerprint density at radius 3 is 2.07 bits per heavy atom. The molecule has 244 valence electrons. The number of nitrogens with one attached hydrogen (secondary N) is 1. The van der Waals surface area contributed by atoms with Gasteiger partial charge in [-0.15, -0.1) is 0 Å². The highest BCUT2D eigenvalue weighted by Crippen LogP contribution is 2.37. The van der Waals surface area contributed by atoms with Gasteiger partial charge in [0.05, 0.1) is 31.9 Å². The number of ether oxygens (including phenoxy) is 3. The molecule has 0 aliphatic rings. The molecule has 0 saturated heterocycles. The van der Waals surface area contributed by atoms with Gasteiger partial charge in [0.15, 0.2) is 11.5 Å². The molecule has 0 heterocycles. The van der Waals surface area contributed by atoms with Crippen LogP contribution in [0.3, 0.4) is 0 Å². The van der Waals surface area contributed by atoms with Crippen LogP contribution in [-0.2, 0) is 26.2 Å². The summed E-state index contributed by atoms with van der Waals surface area (Å²) in [4.78, 5) is 28.9. The van der Waals surface area contributed by atoms with Crippen LogP contribution in [0.1, 0.15) is 38.7 Å². The fourth-order valence-electron chi connectivity index (χ4n) is 4.69. The summed E-state index contributed by atoms with van der Waals surface area (Å²) < 4.78 is 45.7. The lowest BCUT2D eigenvalue weighted by Crippen LogP contribution is -2.52. The highest BCUT2D eigenvalue weighted by molar-refractivity contribution is 7.92. The predicted molar refractivity (Wildman–Crippen MR) is 176 cm³/mol. The van der Waals surface area contributed by atoms with Crippen LogP contribution in [0, 0.1) is 0 Å². The van der Waals surface area contributed by atoms with Gasteiger partial charge < -0.3 is 24.4 Å². The number of carbonyl (C=O) groups is 2. The number of amides is 2. The van der Waals surface area contributed by atoms with Gasteiger partial charge in [-0.25, -0.2) is 8.42 Å². The van der Waals surface area contributed by atoms with Crippen LogP contribution in [0.2, 0.25) is 10.0 Å². The SMILES string of the molecule is CCCCNC(=O)C(CC)N(Cc1ccc(Cl)cc1)C(=O)CN(c1cc(Cl)ccc1OC)S(=O)(=O)c1ccc(OC)c(OC)c1. The van der Waals surface area contributed by atoms with Crippen LogP contribution < -0.4 is 23.8 Å². The van der Waals surface area contributed by atoms with Crippen molar-refractivity contribution >= 4 is 50.7 Å². The molecule has 0 aromatic heterocycles. The van der Waals surface area contributed by atoms with Crippen molar-refractivity contribution in [2.75, 3.05) is 38.7 Å². The van der Waals surface area contributed by atoms with Crippen molar-refractivity contribution in [3.05, 3.63) is 76.3 Å². The Balaban J connectivity index is 2.15. The van der Waals surface area contributed by atoms with E-state index in [1.165, 1.54) is 56.6 Å². The van der Waals surface area contributed by atoms with E-state index in [0.29, 0.717) is 29.3 Å². The molecule has 1 atom stereocenters. The van der Waals surface area contributed by atoms with Crippen LogP contribution in [0.4, 0.5) is 5.69 Å². The minimum Gasteiger partial charge on any atom is -0.495 e. The van der Waals surface area contributed by atoms with Crippen LogP contribution >= 0.6 is 23.2 Å². The fraction of sp³-hybridized carbons (Fsp3) is 0.375. The average molecular weight is 681 g/mol. The molecule has 1 unspecified atom stereocenters. The van der Waals surface area contributed by atoms with Crippen molar-refractivity contribution in [2.45, 2.75) is 50.6 Å². The highest BCUT2D eigenvalue weighted by atomic mass is 35.5. The average Bonchev–Trinajstić information content (AvgIpc) is 3.03. The van der Waals surface area contributed by atoms with Gasteiger partial charge in [0, 0.05) is 29.2 Å². The van der Waals surface area contributed by atoms with Crippen LogP contribution in [0.15, 0.2) is 65.6 Å². The van der Waals surface area contributed by atoms with Crippen molar-refractivity contribution in [3.63, 3.8) is 0 Å². The first kappa shape index (κ1) is 35.8. The van der Waals surface area contributed by atoms with E-state index in [1.807, 2.05) is 6.92 Å². The van der Waals surface area contributed by atoms with Crippen LogP contribution in [-0.4, -0.2) is 65.6 Å². The number of halogens is 2. The van der Waals surface area contributed by atoms with Crippen LogP contribution in [0.25, 0.3) is 0 Å². The number of methoxy groups -OCH3 is 3. The summed E-state index contributed by atoms with van der Waals surface area (Å²) in [6, 6.07) is 14.6. The van der Waals surface area contributed by atoms with Gasteiger partial charge in [-0.3, -0.25) is 13.9 Å². The number of unbranched alkanes of at least 4 members (excludes halogenated alkanes) is 1. The zero-order chi connectivity index (χ0) is 33.1. The first-order valence-electron chi connectivity index (χ1n) is 14.4. The molecule has 0 radical (unpaired) electrons. The molecule has 45 heavy (non-hydrogen) atoms. The minimum absolute atomic E-state index is 0.0344. The molecule has 0 aliphatic carbocycles. The number of carbonyl (C=O) groups excluding carboxylic acids is 2. The minimum atomic E-state index is -4.44. The number of anilines is 1. The lowest BCUT2D eigenvalue weighted by atomic mass is 10.1. The van der Waals surface area contributed by atoms with Crippen molar-refractivity contribution in [2.24, 2.45) is 0 Å². The Kier molecular flexibility index (Phi) is 13.2. The Morgan fingerprint density at radius 1 is 0.844 bits per heavy atom. The zero-order valence-corrected chi connectivity index (χ0v) is 28.3. The van der Waals surface area contributed by atoms with E-state index in [-0.39, 0.29) is 39.6 Å². The number of sulfonamides is 1. The number of benzene rings is 3. The van der Waals surface area contributed by atoms with Gasteiger partial charge in [-0.2, -0.15) is 0 Å². The quantitative estimate of drug-likeness (QED) is 0.186. The maximum absolute atomic E-state index is 14.3. The molecule has 0 spiro atoms. The van der Waals surface area contributed by atoms with Crippen molar-refractivity contribution < 1.29 is 32.2 Å². The molecule has 3 rings (SSSR count). The second-order valence-electron chi connectivity index (χ2n) is 10.1. The van der Waals surface area contributed by atoms with Crippen molar-refractivity contribution in [3.8, 4) is 17.2 Å². The molecule has 2 amide bonds.